The number of nitrogens with one attached hydrogen (secondary N) is 1. The number of esters is 1. The summed E-state index contributed by atoms with van der Waals surface area (Å²) in [6.45, 7) is 0.488. The number of anilines is 1. The second kappa shape index (κ2) is 11.3. The quantitative estimate of drug-likeness (QED) is 0.443. The molecule has 1 saturated heterocycles. The van der Waals surface area contributed by atoms with Crippen LogP contribution in [0.4, 0.5) is 5.69 Å². The van der Waals surface area contributed by atoms with E-state index in [1.54, 1.807) is 37.5 Å². The van der Waals surface area contributed by atoms with E-state index in [9.17, 15) is 18.0 Å². The van der Waals surface area contributed by atoms with Crippen LogP contribution in [0.5, 0.6) is 5.75 Å². The highest BCUT2D eigenvalue weighted by atomic mass is 35.5. The molecule has 0 spiro atoms. The van der Waals surface area contributed by atoms with Gasteiger partial charge in [0.05, 0.1) is 25.3 Å². The summed E-state index contributed by atoms with van der Waals surface area (Å²) in [6, 6.07) is 11.1. The number of methoxy groups -OCH3 is 1. The number of halogens is 1. The third-order valence-electron chi connectivity index (χ3n) is 4.68. The summed E-state index contributed by atoms with van der Waals surface area (Å²) in [5.74, 6) is -0.639. The Morgan fingerprint density at radius 3 is 2.52 bits per heavy atom. The number of hydrogen-bond donors (Lipinski definition) is 1. The molecule has 1 fully saturated rings. The molecule has 1 N–H and O–H groups in total. The van der Waals surface area contributed by atoms with Crippen molar-refractivity contribution in [3.63, 3.8) is 0 Å². The fourth-order valence-electron chi connectivity index (χ4n) is 2.97. The predicted octanol–water partition coefficient (Wildman–Crippen LogP) is 2.56. The molecule has 1 aliphatic heterocycles. The number of amides is 1. The second-order valence-electron chi connectivity index (χ2n) is 6.92. The molecule has 1 aliphatic rings. The molecule has 2 aromatic carbocycles. The average Bonchev–Trinajstić information content (AvgIpc) is 2.83. The van der Waals surface area contributed by atoms with E-state index in [1.165, 1.54) is 28.6 Å². The van der Waals surface area contributed by atoms with Gasteiger partial charge in [0, 0.05) is 24.9 Å². The van der Waals surface area contributed by atoms with E-state index < -0.39 is 28.5 Å². The SMILES string of the molecule is COc1ccc(/C=C/C(=O)OCC(=O)Nc2ccc(Cl)c(S(=O)(=O)N3CCOCC3)c2)cc1. The predicted molar refractivity (Wildman–Crippen MR) is 123 cm³/mol. The Kier molecular flexibility index (Phi) is 8.45. The lowest BCUT2D eigenvalue weighted by Crippen LogP contribution is -2.40. The summed E-state index contributed by atoms with van der Waals surface area (Å²) in [5, 5.41) is 2.54. The van der Waals surface area contributed by atoms with Crippen LogP contribution >= 0.6 is 11.6 Å². The number of sulfonamides is 1. The van der Waals surface area contributed by atoms with Crippen molar-refractivity contribution in [2.75, 3.05) is 45.3 Å². The molecule has 0 bridgehead atoms. The van der Waals surface area contributed by atoms with Gasteiger partial charge in [-0.25, -0.2) is 13.2 Å². The van der Waals surface area contributed by atoms with Gasteiger partial charge in [-0.2, -0.15) is 4.31 Å². The van der Waals surface area contributed by atoms with Gasteiger partial charge in [0.2, 0.25) is 10.0 Å². The van der Waals surface area contributed by atoms with Gasteiger partial charge in [-0.3, -0.25) is 4.79 Å². The Balaban J connectivity index is 1.57. The summed E-state index contributed by atoms with van der Waals surface area (Å²) in [4.78, 5) is 23.9. The Morgan fingerprint density at radius 1 is 1.15 bits per heavy atom. The molecule has 9 nitrogen and oxygen atoms in total. The van der Waals surface area contributed by atoms with Crippen LogP contribution in [0, 0.1) is 0 Å². The van der Waals surface area contributed by atoms with E-state index in [0.29, 0.717) is 19.0 Å². The van der Waals surface area contributed by atoms with Gasteiger partial charge in [-0.15, -0.1) is 0 Å². The average molecular weight is 495 g/mol. The topological polar surface area (TPSA) is 111 Å². The monoisotopic (exact) mass is 494 g/mol. The Bertz CT molecular complexity index is 1130. The van der Waals surface area contributed by atoms with Crippen molar-refractivity contribution >= 4 is 45.3 Å². The molecule has 1 amide bonds. The first-order valence-corrected chi connectivity index (χ1v) is 11.8. The van der Waals surface area contributed by atoms with E-state index in [0.717, 1.165) is 5.56 Å². The van der Waals surface area contributed by atoms with Crippen molar-refractivity contribution in [1.82, 2.24) is 4.31 Å². The van der Waals surface area contributed by atoms with Gasteiger partial charge in [0.25, 0.3) is 5.91 Å². The summed E-state index contributed by atoms with van der Waals surface area (Å²) in [6.07, 6.45) is 2.74. The van der Waals surface area contributed by atoms with Gasteiger partial charge >= 0.3 is 5.97 Å². The fraction of sp³-hybridized carbons (Fsp3) is 0.273. The zero-order chi connectivity index (χ0) is 23.8. The summed E-state index contributed by atoms with van der Waals surface area (Å²) >= 11 is 6.11. The maximum Gasteiger partial charge on any atom is 0.331 e. The van der Waals surface area contributed by atoms with Crippen molar-refractivity contribution in [3.8, 4) is 5.75 Å². The number of carbonyl (C=O) groups is 2. The highest BCUT2D eigenvalue weighted by Gasteiger charge is 2.28. The van der Waals surface area contributed by atoms with Crippen molar-refractivity contribution < 1.29 is 32.2 Å². The molecular weight excluding hydrogens is 472 g/mol. The lowest BCUT2D eigenvalue weighted by Gasteiger charge is -2.26. The largest absolute Gasteiger partial charge is 0.497 e. The molecule has 2 aromatic rings. The van der Waals surface area contributed by atoms with E-state index in [1.807, 2.05) is 0 Å². The van der Waals surface area contributed by atoms with Crippen LogP contribution in [0.3, 0.4) is 0 Å². The second-order valence-corrected chi connectivity index (χ2v) is 9.24. The number of benzene rings is 2. The molecule has 0 aliphatic carbocycles. The molecular formula is C22H23ClN2O7S. The maximum absolute atomic E-state index is 12.9. The van der Waals surface area contributed by atoms with E-state index in [4.69, 9.17) is 25.8 Å². The lowest BCUT2D eigenvalue weighted by molar-refractivity contribution is -0.142. The Morgan fingerprint density at radius 2 is 1.85 bits per heavy atom. The van der Waals surface area contributed by atoms with Crippen LogP contribution in [-0.4, -0.2) is 64.6 Å². The van der Waals surface area contributed by atoms with E-state index >= 15 is 0 Å². The standard InChI is InChI=1S/C22H23ClN2O7S/c1-30-18-6-2-16(3-7-18)4-9-22(27)32-15-21(26)24-17-5-8-19(23)20(14-17)33(28,29)25-10-12-31-13-11-25/h2-9,14H,10-13,15H2,1H3,(H,24,26)/b9-4+. The van der Waals surface area contributed by atoms with Crippen molar-refractivity contribution in [2.45, 2.75) is 4.90 Å². The molecule has 0 saturated carbocycles. The molecule has 0 unspecified atom stereocenters. The first-order chi connectivity index (χ1) is 15.8. The Labute approximate surface area is 196 Å². The molecule has 0 aromatic heterocycles. The molecule has 33 heavy (non-hydrogen) atoms. The van der Waals surface area contributed by atoms with Gasteiger partial charge in [-0.1, -0.05) is 23.7 Å². The number of nitrogens with zero attached hydrogens (tertiary/aromatic N) is 1. The molecule has 0 radical (unpaired) electrons. The van der Waals surface area contributed by atoms with Crippen molar-refractivity contribution in [2.24, 2.45) is 0 Å². The number of rotatable bonds is 8. The molecule has 1 heterocycles. The van der Waals surface area contributed by atoms with E-state index in [-0.39, 0.29) is 28.7 Å². The number of carbonyl (C=O) groups excluding carboxylic acids is 2. The highest BCUT2D eigenvalue weighted by Crippen LogP contribution is 2.28. The van der Waals surface area contributed by atoms with Gasteiger partial charge in [0.15, 0.2) is 6.61 Å². The van der Waals surface area contributed by atoms with Gasteiger partial charge < -0.3 is 19.5 Å². The third-order valence-corrected chi connectivity index (χ3v) is 7.06. The summed E-state index contributed by atoms with van der Waals surface area (Å²) in [7, 11) is -2.29. The maximum atomic E-state index is 12.9. The Hall–Kier alpha value is -2.92. The zero-order valence-corrected chi connectivity index (χ0v) is 19.4. The smallest absolute Gasteiger partial charge is 0.331 e. The minimum Gasteiger partial charge on any atom is -0.497 e. The van der Waals surface area contributed by atoms with Crippen LogP contribution in [-0.2, 0) is 29.1 Å². The first-order valence-electron chi connectivity index (χ1n) is 9.96. The van der Waals surface area contributed by atoms with Crippen LogP contribution in [0.15, 0.2) is 53.4 Å². The number of ether oxygens (including phenoxy) is 3. The fourth-order valence-corrected chi connectivity index (χ4v) is 4.87. The van der Waals surface area contributed by atoms with E-state index in [2.05, 4.69) is 5.32 Å². The molecule has 11 heteroatoms. The summed E-state index contributed by atoms with van der Waals surface area (Å²) < 4.78 is 42.2. The third kappa shape index (κ3) is 6.78. The van der Waals surface area contributed by atoms with Crippen LogP contribution < -0.4 is 10.1 Å². The van der Waals surface area contributed by atoms with Crippen molar-refractivity contribution in [3.05, 3.63) is 59.1 Å². The van der Waals surface area contributed by atoms with Crippen LogP contribution in [0.25, 0.3) is 6.08 Å². The number of morpholine rings is 1. The molecule has 3 rings (SSSR count). The lowest BCUT2D eigenvalue weighted by atomic mass is 10.2. The molecule has 176 valence electrons. The van der Waals surface area contributed by atoms with Gasteiger partial charge in [0.1, 0.15) is 10.6 Å². The normalized spacial score (nSPS) is 14.7. The van der Waals surface area contributed by atoms with Gasteiger partial charge in [-0.05, 0) is 42.0 Å². The minimum absolute atomic E-state index is 0.0367. The summed E-state index contributed by atoms with van der Waals surface area (Å²) in [5.41, 5.74) is 0.966. The molecule has 0 atom stereocenters. The highest BCUT2D eigenvalue weighted by molar-refractivity contribution is 7.89. The van der Waals surface area contributed by atoms with Crippen LogP contribution in [0.2, 0.25) is 5.02 Å². The number of hydrogen-bond acceptors (Lipinski definition) is 7. The van der Waals surface area contributed by atoms with Crippen molar-refractivity contribution in [1.29, 1.82) is 0 Å². The zero-order valence-electron chi connectivity index (χ0n) is 17.8. The minimum atomic E-state index is -3.85. The van der Waals surface area contributed by atoms with Crippen LogP contribution in [0.1, 0.15) is 5.56 Å². The first kappa shape index (κ1) is 24.7.